The Morgan fingerprint density at radius 3 is 1.04 bits per heavy atom. The standard InChI is InChI=1S/C20H15F3O/c21-20(22,23)24-19(16-10-4-1-5-11-16,17-12-6-2-7-13-17)18-14-8-3-9-15-18/h1-15H. The predicted octanol–water partition coefficient (Wildman–Crippen LogP) is 5.51. The number of ether oxygens (including phenoxy) is 1. The number of benzene rings is 3. The SMILES string of the molecule is FC(F)(F)OC(c1ccccc1)(c1ccccc1)c1ccccc1. The van der Waals surface area contributed by atoms with Gasteiger partial charge in [0.1, 0.15) is 0 Å². The molecular weight excluding hydrogens is 313 g/mol. The van der Waals surface area contributed by atoms with Gasteiger partial charge in [-0.15, -0.1) is 13.2 Å². The van der Waals surface area contributed by atoms with E-state index in [1.807, 2.05) is 0 Å². The number of rotatable bonds is 4. The van der Waals surface area contributed by atoms with Crippen molar-refractivity contribution in [2.45, 2.75) is 12.0 Å². The molecule has 1 nitrogen and oxygen atoms in total. The summed E-state index contributed by atoms with van der Waals surface area (Å²) >= 11 is 0. The maximum Gasteiger partial charge on any atom is 0.524 e. The molecule has 0 fully saturated rings. The summed E-state index contributed by atoms with van der Waals surface area (Å²) in [7, 11) is 0. The Morgan fingerprint density at radius 1 is 0.500 bits per heavy atom. The first kappa shape index (κ1) is 16.3. The molecule has 24 heavy (non-hydrogen) atoms. The Hall–Kier alpha value is -2.59. The molecule has 0 saturated heterocycles. The van der Waals surface area contributed by atoms with Crippen molar-refractivity contribution in [3.05, 3.63) is 108 Å². The molecule has 0 N–H and O–H groups in total. The summed E-state index contributed by atoms with van der Waals surface area (Å²) in [4.78, 5) is 0. The molecule has 0 unspecified atom stereocenters. The van der Waals surface area contributed by atoms with Crippen molar-refractivity contribution in [2.75, 3.05) is 0 Å². The second kappa shape index (κ2) is 6.49. The smallest absolute Gasteiger partial charge is 0.271 e. The van der Waals surface area contributed by atoms with Crippen molar-refractivity contribution in [3.8, 4) is 0 Å². The Labute approximate surface area is 138 Å². The van der Waals surface area contributed by atoms with E-state index in [1.165, 1.54) is 0 Å². The number of hydrogen-bond acceptors (Lipinski definition) is 1. The monoisotopic (exact) mass is 328 g/mol. The number of hydrogen-bond donors (Lipinski definition) is 0. The zero-order valence-electron chi connectivity index (χ0n) is 12.7. The topological polar surface area (TPSA) is 9.23 Å². The second-order valence-electron chi connectivity index (χ2n) is 5.33. The lowest BCUT2D eigenvalue weighted by molar-refractivity contribution is -0.356. The minimum absolute atomic E-state index is 0.416. The lowest BCUT2D eigenvalue weighted by atomic mass is 9.80. The zero-order chi connectivity index (χ0) is 17.0. The van der Waals surface area contributed by atoms with Crippen molar-refractivity contribution >= 4 is 0 Å². The van der Waals surface area contributed by atoms with Crippen LogP contribution in [-0.2, 0) is 10.3 Å². The molecule has 0 heterocycles. The van der Waals surface area contributed by atoms with Crippen molar-refractivity contribution in [2.24, 2.45) is 0 Å². The lowest BCUT2D eigenvalue weighted by Crippen LogP contribution is -2.38. The van der Waals surface area contributed by atoms with Gasteiger partial charge >= 0.3 is 6.36 Å². The minimum Gasteiger partial charge on any atom is -0.271 e. The van der Waals surface area contributed by atoms with E-state index < -0.39 is 12.0 Å². The van der Waals surface area contributed by atoms with Gasteiger partial charge in [-0.2, -0.15) is 0 Å². The van der Waals surface area contributed by atoms with Crippen molar-refractivity contribution in [1.29, 1.82) is 0 Å². The summed E-state index contributed by atoms with van der Waals surface area (Å²) in [5.41, 5.74) is -0.513. The molecule has 3 aromatic rings. The molecule has 0 spiro atoms. The highest BCUT2D eigenvalue weighted by Crippen LogP contribution is 2.44. The van der Waals surface area contributed by atoms with Crippen LogP contribution in [0.25, 0.3) is 0 Å². The molecular formula is C20H15F3O. The van der Waals surface area contributed by atoms with Crippen LogP contribution in [0.15, 0.2) is 91.0 Å². The average Bonchev–Trinajstić information content (AvgIpc) is 2.61. The van der Waals surface area contributed by atoms with E-state index in [1.54, 1.807) is 91.0 Å². The van der Waals surface area contributed by atoms with Crippen molar-refractivity contribution in [3.63, 3.8) is 0 Å². The molecule has 0 aliphatic heterocycles. The third-order valence-corrected chi connectivity index (χ3v) is 3.81. The first-order valence-corrected chi connectivity index (χ1v) is 7.46. The molecule has 0 saturated carbocycles. The van der Waals surface area contributed by atoms with Crippen molar-refractivity contribution < 1.29 is 17.9 Å². The van der Waals surface area contributed by atoms with E-state index in [9.17, 15) is 13.2 Å². The molecule has 0 aliphatic rings. The Balaban J connectivity index is 2.33. The van der Waals surface area contributed by atoms with E-state index in [0.29, 0.717) is 16.7 Å². The number of alkyl halides is 3. The van der Waals surface area contributed by atoms with Crippen LogP contribution in [-0.4, -0.2) is 6.36 Å². The fourth-order valence-electron chi connectivity index (χ4n) is 2.87. The summed E-state index contributed by atoms with van der Waals surface area (Å²) < 4.78 is 44.9. The van der Waals surface area contributed by atoms with Crippen LogP contribution in [0.1, 0.15) is 16.7 Å². The van der Waals surface area contributed by atoms with Gasteiger partial charge in [-0.05, 0) is 16.7 Å². The zero-order valence-corrected chi connectivity index (χ0v) is 12.7. The molecule has 0 atom stereocenters. The summed E-state index contributed by atoms with van der Waals surface area (Å²) in [6, 6.07) is 25.4. The third-order valence-electron chi connectivity index (χ3n) is 3.81. The molecule has 0 radical (unpaired) electrons. The normalized spacial score (nSPS) is 12.1. The van der Waals surface area contributed by atoms with Gasteiger partial charge in [-0.1, -0.05) is 91.0 Å². The van der Waals surface area contributed by atoms with Crippen LogP contribution in [0.3, 0.4) is 0 Å². The molecule has 0 amide bonds. The minimum atomic E-state index is -4.80. The Morgan fingerprint density at radius 2 is 0.792 bits per heavy atom. The van der Waals surface area contributed by atoms with E-state index in [2.05, 4.69) is 0 Å². The van der Waals surface area contributed by atoms with Crippen LogP contribution in [0.5, 0.6) is 0 Å². The fourth-order valence-corrected chi connectivity index (χ4v) is 2.87. The van der Waals surface area contributed by atoms with Gasteiger partial charge in [0.25, 0.3) is 0 Å². The fraction of sp³-hybridized carbons (Fsp3) is 0.100. The molecule has 3 aromatic carbocycles. The van der Waals surface area contributed by atoms with Crippen LogP contribution in [0.4, 0.5) is 13.2 Å². The maximum absolute atomic E-state index is 13.4. The Bertz CT molecular complexity index is 672. The van der Waals surface area contributed by atoms with E-state index in [4.69, 9.17) is 4.74 Å². The maximum atomic E-state index is 13.4. The highest BCUT2D eigenvalue weighted by Gasteiger charge is 2.47. The van der Waals surface area contributed by atoms with Gasteiger partial charge in [-0.3, -0.25) is 4.74 Å². The van der Waals surface area contributed by atoms with Crippen LogP contribution in [0.2, 0.25) is 0 Å². The summed E-state index contributed by atoms with van der Waals surface area (Å²) in [5, 5.41) is 0. The van der Waals surface area contributed by atoms with Crippen LogP contribution >= 0.6 is 0 Å². The molecule has 0 aromatic heterocycles. The summed E-state index contributed by atoms with van der Waals surface area (Å²) in [6.45, 7) is 0. The van der Waals surface area contributed by atoms with Gasteiger partial charge in [-0.25, -0.2) is 0 Å². The quantitative estimate of drug-likeness (QED) is 0.573. The van der Waals surface area contributed by atoms with Gasteiger partial charge in [0.05, 0.1) is 0 Å². The molecule has 0 aliphatic carbocycles. The number of halogens is 3. The Kier molecular flexibility index (Phi) is 4.40. The van der Waals surface area contributed by atoms with E-state index in [0.717, 1.165) is 0 Å². The lowest BCUT2D eigenvalue weighted by Gasteiger charge is -2.36. The van der Waals surface area contributed by atoms with E-state index in [-0.39, 0.29) is 0 Å². The van der Waals surface area contributed by atoms with Gasteiger partial charge in [0, 0.05) is 0 Å². The van der Waals surface area contributed by atoms with Gasteiger partial charge in [0.2, 0.25) is 0 Å². The molecule has 122 valence electrons. The van der Waals surface area contributed by atoms with Crippen LogP contribution in [0, 0.1) is 0 Å². The van der Waals surface area contributed by atoms with Gasteiger partial charge < -0.3 is 0 Å². The van der Waals surface area contributed by atoms with Crippen molar-refractivity contribution in [1.82, 2.24) is 0 Å². The van der Waals surface area contributed by atoms with E-state index >= 15 is 0 Å². The third kappa shape index (κ3) is 3.19. The first-order valence-electron chi connectivity index (χ1n) is 7.46. The summed E-state index contributed by atoms with van der Waals surface area (Å²) in [6.07, 6.45) is -4.80. The summed E-state index contributed by atoms with van der Waals surface area (Å²) in [5.74, 6) is 0. The van der Waals surface area contributed by atoms with Gasteiger partial charge in [0.15, 0.2) is 5.60 Å². The molecule has 0 bridgehead atoms. The highest BCUT2D eigenvalue weighted by molar-refractivity contribution is 5.47. The molecule has 4 heteroatoms. The average molecular weight is 328 g/mol. The van der Waals surface area contributed by atoms with Crippen LogP contribution < -0.4 is 0 Å². The molecule has 3 rings (SSSR count). The second-order valence-corrected chi connectivity index (χ2v) is 5.33. The highest BCUT2D eigenvalue weighted by atomic mass is 19.4. The largest absolute Gasteiger partial charge is 0.524 e. The predicted molar refractivity (Wildman–Crippen MR) is 86.3 cm³/mol. The first-order chi connectivity index (χ1) is 11.5.